The fourth-order valence-corrected chi connectivity index (χ4v) is 1.76. The summed E-state index contributed by atoms with van der Waals surface area (Å²) in [5, 5.41) is 0.779. The van der Waals surface area contributed by atoms with Crippen molar-refractivity contribution < 1.29 is 0 Å². The lowest BCUT2D eigenvalue weighted by molar-refractivity contribution is 0.517. The second-order valence-electron chi connectivity index (χ2n) is 3.90. The highest BCUT2D eigenvalue weighted by Crippen LogP contribution is 2.23. The van der Waals surface area contributed by atoms with E-state index in [4.69, 9.17) is 17.3 Å². The Morgan fingerprint density at radius 3 is 2.62 bits per heavy atom. The van der Waals surface area contributed by atoms with Crippen molar-refractivity contribution in [2.75, 3.05) is 0 Å². The van der Waals surface area contributed by atoms with Crippen LogP contribution in [0, 0.1) is 0 Å². The van der Waals surface area contributed by atoms with Crippen LogP contribution in [0.1, 0.15) is 19.4 Å². The van der Waals surface area contributed by atoms with E-state index in [1.807, 2.05) is 32.0 Å². The third-order valence-electron chi connectivity index (χ3n) is 1.65. The summed E-state index contributed by atoms with van der Waals surface area (Å²) in [6.45, 7) is 3.98. The normalized spacial score (nSPS) is 11.8. The van der Waals surface area contributed by atoms with Crippen LogP contribution >= 0.6 is 27.5 Å². The molecule has 0 radical (unpaired) electrons. The Kier molecular flexibility index (Phi) is 3.38. The van der Waals surface area contributed by atoms with E-state index < -0.39 is 0 Å². The maximum atomic E-state index is 6.03. The lowest BCUT2D eigenvalue weighted by Gasteiger charge is -2.19. The van der Waals surface area contributed by atoms with E-state index in [2.05, 4.69) is 15.9 Å². The smallest absolute Gasteiger partial charge is 0.0439 e. The zero-order chi connectivity index (χ0) is 10.1. The molecule has 0 amide bonds. The van der Waals surface area contributed by atoms with Crippen LogP contribution in [0.25, 0.3) is 0 Å². The maximum Gasteiger partial charge on any atom is 0.0439 e. The van der Waals surface area contributed by atoms with E-state index in [-0.39, 0.29) is 5.54 Å². The monoisotopic (exact) mass is 261 g/mol. The molecule has 0 aromatic heterocycles. The van der Waals surface area contributed by atoms with Crippen LogP contribution in [0.3, 0.4) is 0 Å². The van der Waals surface area contributed by atoms with E-state index in [0.29, 0.717) is 0 Å². The van der Waals surface area contributed by atoms with Gasteiger partial charge in [0.05, 0.1) is 0 Å². The van der Waals surface area contributed by atoms with Crippen molar-refractivity contribution in [1.29, 1.82) is 0 Å². The summed E-state index contributed by atoms with van der Waals surface area (Å²) in [7, 11) is 0. The number of nitrogens with two attached hydrogens (primary N) is 1. The zero-order valence-electron chi connectivity index (χ0n) is 7.77. The minimum absolute atomic E-state index is 0.218. The van der Waals surface area contributed by atoms with Crippen LogP contribution in [0.2, 0.25) is 5.02 Å². The molecule has 13 heavy (non-hydrogen) atoms. The lowest BCUT2D eigenvalue weighted by Crippen LogP contribution is -2.34. The second kappa shape index (κ2) is 3.99. The van der Waals surface area contributed by atoms with Gasteiger partial charge in [-0.15, -0.1) is 0 Å². The molecule has 1 aromatic rings. The van der Waals surface area contributed by atoms with E-state index >= 15 is 0 Å². The van der Waals surface area contributed by atoms with Crippen molar-refractivity contribution >= 4 is 27.5 Å². The summed E-state index contributed by atoms with van der Waals surface area (Å²) in [6, 6.07) is 5.82. The van der Waals surface area contributed by atoms with Gasteiger partial charge >= 0.3 is 0 Å². The minimum Gasteiger partial charge on any atom is -0.325 e. The molecule has 0 atom stereocenters. The van der Waals surface area contributed by atoms with Crippen molar-refractivity contribution in [3.63, 3.8) is 0 Å². The molecular formula is C10H13BrClN. The zero-order valence-corrected chi connectivity index (χ0v) is 10.1. The Bertz CT molecular complexity index is 304. The van der Waals surface area contributed by atoms with Gasteiger partial charge in [0.25, 0.3) is 0 Å². The first-order valence-corrected chi connectivity index (χ1v) is 5.28. The molecule has 0 aliphatic carbocycles. The number of halogens is 2. The molecule has 0 fully saturated rings. The molecule has 0 saturated carbocycles. The molecule has 1 aromatic carbocycles. The molecule has 0 bridgehead atoms. The van der Waals surface area contributed by atoms with E-state index in [9.17, 15) is 0 Å². The van der Waals surface area contributed by atoms with Crippen molar-refractivity contribution in [2.45, 2.75) is 25.8 Å². The third-order valence-corrected chi connectivity index (χ3v) is 2.52. The van der Waals surface area contributed by atoms with Gasteiger partial charge in [0.15, 0.2) is 0 Å². The van der Waals surface area contributed by atoms with Gasteiger partial charge in [-0.05, 0) is 44.0 Å². The summed E-state index contributed by atoms with van der Waals surface area (Å²) >= 11 is 9.43. The van der Waals surface area contributed by atoms with Gasteiger partial charge in [-0.3, -0.25) is 0 Å². The predicted octanol–water partition coefficient (Wildman–Crippen LogP) is 3.38. The largest absolute Gasteiger partial charge is 0.325 e. The van der Waals surface area contributed by atoms with Crippen LogP contribution in [0.4, 0.5) is 0 Å². The maximum absolute atomic E-state index is 6.03. The number of hydrogen-bond donors (Lipinski definition) is 1. The molecule has 2 N–H and O–H groups in total. The summed E-state index contributed by atoms with van der Waals surface area (Å²) in [6.07, 6.45) is 0.783. The van der Waals surface area contributed by atoms with Crippen molar-refractivity contribution in [3.05, 3.63) is 33.3 Å². The summed E-state index contributed by atoms with van der Waals surface area (Å²) in [4.78, 5) is 0. The van der Waals surface area contributed by atoms with Crippen molar-refractivity contribution in [2.24, 2.45) is 5.73 Å². The predicted molar refractivity (Wildman–Crippen MR) is 61.1 cm³/mol. The molecule has 3 heteroatoms. The van der Waals surface area contributed by atoms with Gasteiger partial charge in [-0.25, -0.2) is 0 Å². The van der Waals surface area contributed by atoms with Crippen LogP contribution in [0.15, 0.2) is 22.7 Å². The van der Waals surface area contributed by atoms with Gasteiger partial charge in [0.2, 0.25) is 0 Å². The molecule has 1 rings (SSSR count). The van der Waals surface area contributed by atoms with E-state index in [1.54, 1.807) is 0 Å². The van der Waals surface area contributed by atoms with Crippen LogP contribution in [-0.4, -0.2) is 5.54 Å². The van der Waals surface area contributed by atoms with Gasteiger partial charge in [-0.2, -0.15) is 0 Å². The molecular weight excluding hydrogens is 249 g/mol. The molecule has 0 spiro atoms. The van der Waals surface area contributed by atoms with Crippen LogP contribution in [-0.2, 0) is 6.42 Å². The molecule has 0 aliphatic heterocycles. The van der Waals surface area contributed by atoms with Crippen molar-refractivity contribution in [1.82, 2.24) is 0 Å². The average Bonchev–Trinajstić information content (AvgIpc) is 1.94. The topological polar surface area (TPSA) is 26.0 Å². The summed E-state index contributed by atoms with van der Waals surface area (Å²) in [5.41, 5.74) is 6.78. The van der Waals surface area contributed by atoms with E-state index in [1.165, 1.54) is 0 Å². The Balaban J connectivity index is 2.94. The molecule has 0 unspecified atom stereocenters. The fraction of sp³-hybridized carbons (Fsp3) is 0.400. The molecule has 1 nitrogen and oxygen atoms in total. The number of hydrogen-bond acceptors (Lipinski definition) is 1. The first-order chi connectivity index (χ1) is 5.88. The Labute approximate surface area is 92.4 Å². The highest BCUT2D eigenvalue weighted by molar-refractivity contribution is 9.10. The molecule has 0 heterocycles. The van der Waals surface area contributed by atoms with Crippen LogP contribution < -0.4 is 5.73 Å². The lowest BCUT2D eigenvalue weighted by atomic mass is 9.96. The van der Waals surface area contributed by atoms with Gasteiger partial charge in [-0.1, -0.05) is 27.5 Å². The average molecular weight is 263 g/mol. The van der Waals surface area contributed by atoms with Gasteiger partial charge < -0.3 is 5.73 Å². The third kappa shape index (κ3) is 3.67. The van der Waals surface area contributed by atoms with Crippen molar-refractivity contribution in [3.8, 4) is 0 Å². The second-order valence-corrected chi connectivity index (χ2v) is 5.22. The number of rotatable bonds is 2. The Morgan fingerprint density at radius 2 is 2.08 bits per heavy atom. The SMILES string of the molecule is CC(C)(N)Cc1cc(Br)ccc1Cl. The Morgan fingerprint density at radius 1 is 1.46 bits per heavy atom. The Hall–Kier alpha value is -0.0500. The quantitative estimate of drug-likeness (QED) is 0.869. The first-order valence-electron chi connectivity index (χ1n) is 4.11. The highest BCUT2D eigenvalue weighted by atomic mass is 79.9. The van der Waals surface area contributed by atoms with Gasteiger partial charge in [0.1, 0.15) is 0 Å². The number of benzene rings is 1. The first kappa shape index (κ1) is 11.0. The molecule has 0 saturated heterocycles. The summed E-state index contributed by atoms with van der Waals surface area (Å²) < 4.78 is 1.04. The standard InChI is InChI=1S/C10H13BrClN/c1-10(2,13)6-7-5-8(11)3-4-9(7)12/h3-5H,6,13H2,1-2H3. The molecule has 72 valence electrons. The summed E-state index contributed by atoms with van der Waals surface area (Å²) in [5.74, 6) is 0. The molecule has 0 aliphatic rings. The minimum atomic E-state index is -0.218. The van der Waals surface area contributed by atoms with Crippen LogP contribution in [0.5, 0.6) is 0 Å². The van der Waals surface area contributed by atoms with Gasteiger partial charge in [0, 0.05) is 15.0 Å². The fourth-order valence-electron chi connectivity index (χ4n) is 1.17. The van der Waals surface area contributed by atoms with E-state index in [0.717, 1.165) is 21.5 Å². The highest BCUT2D eigenvalue weighted by Gasteiger charge is 2.13.